The molecule has 0 atom stereocenters. The normalized spacial score (nSPS) is 11.5. The van der Waals surface area contributed by atoms with Crippen LogP contribution in [-0.2, 0) is 0 Å². The van der Waals surface area contributed by atoms with Gasteiger partial charge in [0.25, 0.3) is 0 Å². The first-order valence-electron chi connectivity index (χ1n) is 5.69. The van der Waals surface area contributed by atoms with Gasteiger partial charge in [-0.3, -0.25) is 0 Å². The van der Waals surface area contributed by atoms with Gasteiger partial charge in [-0.2, -0.15) is 0 Å². The molecule has 3 heteroatoms. The molecule has 0 fully saturated rings. The molecular weight excluding hydrogens is 274 g/mol. The molecule has 2 aromatic rings. The van der Waals surface area contributed by atoms with Crippen molar-refractivity contribution in [2.24, 2.45) is 0 Å². The van der Waals surface area contributed by atoms with Gasteiger partial charge in [0.15, 0.2) is 0 Å². The number of hydrogen-bond donors (Lipinski definition) is 0. The van der Waals surface area contributed by atoms with Crippen LogP contribution in [0.2, 0.25) is 17.3 Å². The van der Waals surface area contributed by atoms with E-state index in [4.69, 9.17) is 0 Å². The predicted octanol–water partition coefficient (Wildman–Crippen LogP) is 3.43. The van der Waals surface area contributed by atoms with E-state index in [1.165, 1.54) is 16.5 Å². The third kappa shape index (κ3) is 2.94. The fourth-order valence-corrected chi connectivity index (χ4v) is 3.80. The van der Waals surface area contributed by atoms with Crippen molar-refractivity contribution < 1.29 is 4.39 Å². The van der Waals surface area contributed by atoms with E-state index >= 15 is 0 Å². The van der Waals surface area contributed by atoms with Crippen LogP contribution in [0.1, 0.15) is 0 Å². The minimum absolute atomic E-state index is 0.213. The molecule has 0 bridgehead atoms. The van der Waals surface area contributed by atoms with Crippen LogP contribution >= 0.6 is 0 Å². The van der Waals surface area contributed by atoms with E-state index in [0.29, 0.717) is 0 Å². The Morgan fingerprint density at radius 1 is 0.941 bits per heavy atom. The fraction of sp³-hybridized carbons (Fsp3) is 0.214. The quantitative estimate of drug-likeness (QED) is 0.772. The first-order valence-corrected chi connectivity index (χ1v) is 13.0. The van der Waals surface area contributed by atoms with Crippen molar-refractivity contribution in [2.45, 2.75) is 17.3 Å². The summed E-state index contributed by atoms with van der Waals surface area (Å²) < 4.78 is 14.2. The van der Waals surface area contributed by atoms with E-state index < -0.39 is 13.3 Å². The summed E-state index contributed by atoms with van der Waals surface area (Å²) in [7, 11) is 0. The van der Waals surface area contributed by atoms with Gasteiger partial charge in [0.05, 0.1) is 0 Å². The molecule has 0 unspecified atom stereocenters. The number of nitrogens with zero attached hydrogens (tertiary/aromatic N) is 1. The molecule has 2 rings (SSSR count). The molecule has 1 aromatic carbocycles. The first-order chi connectivity index (χ1) is 7.97. The number of pyridine rings is 1. The van der Waals surface area contributed by atoms with Gasteiger partial charge >= 0.3 is 104 Å². The zero-order chi connectivity index (χ0) is 12.5. The van der Waals surface area contributed by atoms with E-state index in [9.17, 15) is 4.39 Å². The molecular formula is C14H16FGeN. The van der Waals surface area contributed by atoms with Crippen LogP contribution in [0.3, 0.4) is 0 Å². The van der Waals surface area contributed by atoms with Crippen LogP contribution < -0.4 is 4.40 Å². The van der Waals surface area contributed by atoms with Crippen molar-refractivity contribution in [3.63, 3.8) is 0 Å². The van der Waals surface area contributed by atoms with Crippen LogP contribution in [-0.4, -0.2) is 18.3 Å². The summed E-state index contributed by atoms with van der Waals surface area (Å²) >= 11 is -1.78. The molecule has 1 nitrogen and oxygen atoms in total. The monoisotopic (exact) mass is 291 g/mol. The second kappa shape index (κ2) is 4.61. The molecule has 0 radical (unpaired) electrons. The van der Waals surface area contributed by atoms with E-state index in [0.717, 1.165) is 11.3 Å². The van der Waals surface area contributed by atoms with Crippen LogP contribution in [0.25, 0.3) is 11.3 Å². The number of halogens is 1. The summed E-state index contributed by atoms with van der Waals surface area (Å²) in [6.45, 7) is 0. The van der Waals surface area contributed by atoms with Crippen LogP contribution in [0, 0.1) is 5.82 Å². The summed E-state index contributed by atoms with van der Waals surface area (Å²) in [5.41, 5.74) is 1.86. The van der Waals surface area contributed by atoms with Gasteiger partial charge in [-0.15, -0.1) is 0 Å². The molecule has 0 saturated carbocycles. The maximum absolute atomic E-state index is 12.8. The molecule has 17 heavy (non-hydrogen) atoms. The third-order valence-electron chi connectivity index (χ3n) is 2.77. The Morgan fingerprint density at radius 3 is 2.06 bits per heavy atom. The van der Waals surface area contributed by atoms with Gasteiger partial charge in [-0.25, -0.2) is 0 Å². The molecule has 0 amide bonds. The Bertz CT molecular complexity index is 497. The van der Waals surface area contributed by atoms with E-state index in [1.54, 1.807) is 12.1 Å². The summed E-state index contributed by atoms with van der Waals surface area (Å²) in [4.78, 5) is 4.47. The molecule has 1 aromatic heterocycles. The van der Waals surface area contributed by atoms with Crippen molar-refractivity contribution in [1.29, 1.82) is 0 Å². The Hall–Kier alpha value is -1.16. The predicted molar refractivity (Wildman–Crippen MR) is 72.6 cm³/mol. The summed E-state index contributed by atoms with van der Waals surface area (Å²) in [6.07, 6.45) is 1.97. The van der Waals surface area contributed by atoms with Gasteiger partial charge in [0, 0.05) is 0 Å². The van der Waals surface area contributed by atoms with Crippen molar-refractivity contribution in [2.75, 3.05) is 0 Å². The molecule has 0 aliphatic rings. The van der Waals surface area contributed by atoms with Gasteiger partial charge < -0.3 is 0 Å². The Balaban J connectivity index is 2.33. The molecule has 1 heterocycles. The number of benzene rings is 1. The SMILES string of the molecule is [CH3][Ge]([CH3])([CH3])[c]1ccc(-c2ccc(F)cc2)nc1. The topological polar surface area (TPSA) is 12.9 Å². The molecule has 0 N–H and O–H groups in total. The second-order valence-electron chi connectivity index (χ2n) is 5.19. The zero-order valence-corrected chi connectivity index (χ0v) is 12.5. The molecule has 0 saturated heterocycles. The number of rotatable bonds is 2. The van der Waals surface area contributed by atoms with Crippen molar-refractivity contribution in [1.82, 2.24) is 4.98 Å². The van der Waals surface area contributed by atoms with Crippen molar-refractivity contribution in [3.8, 4) is 11.3 Å². The average Bonchev–Trinajstić information content (AvgIpc) is 2.29. The molecule has 88 valence electrons. The Kier molecular flexibility index (Phi) is 3.34. The molecule has 0 spiro atoms. The first kappa shape index (κ1) is 12.3. The van der Waals surface area contributed by atoms with E-state index in [-0.39, 0.29) is 5.82 Å². The maximum atomic E-state index is 12.8. The van der Waals surface area contributed by atoms with Gasteiger partial charge in [0.2, 0.25) is 0 Å². The van der Waals surface area contributed by atoms with E-state index in [2.05, 4.69) is 28.3 Å². The second-order valence-corrected chi connectivity index (χ2v) is 15.8. The molecule has 0 aliphatic heterocycles. The zero-order valence-electron chi connectivity index (χ0n) is 10.4. The summed E-state index contributed by atoms with van der Waals surface area (Å²) in [5.74, 6) is 6.81. The summed E-state index contributed by atoms with van der Waals surface area (Å²) in [6, 6.07) is 10.6. The fourth-order valence-electron chi connectivity index (χ4n) is 1.63. The molecule has 0 aliphatic carbocycles. The van der Waals surface area contributed by atoms with Crippen molar-refractivity contribution >= 4 is 17.7 Å². The van der Waals surface area contributed by atoms with Gasteiger partial charge in [-0.1, -0.05) is 0 Å². The van der Waals surface area contributed by atoms with Crippen LogP contribution in [0.5, 0.6) is 0 Å². The van der Waals surface area contributed by atoms with Gasteiger partial charge in [0.1, 0.15) is 0 Å². The number of aromatic nitrogens is 1. The standard InChI is InChI=1S/C14H16FGeN/c1-16(2,3)13-8-9-14(17-10-13)11-4-6-12(15)7-5-11/h4-10H,1-3H3. The van der Waals surface area contributed by atoms with Crippen LogP contribution in [0.4, 0.5) is 4.39 Å². The van der Waals surface area contributed by atoms with Gasteiger partial charge in [-0.05, 0) is 0 Å². The van der Waals surface area contributed by atoms with Crippen LogP contribution in [0.15, 0.2) is 42.6 Å². The Labute approximate surface area is 104 Å². The minimum atomic E-state index is -1.78. The number of hydrogen-bond acceptors (Lipinski definition) is 1. The third-order valence-corrected chi connectivity index (χ3v) is 7.02. The van der Waals surface area contributed by atoms with Crippen molar-refractivity contribution in [3.05, 3.63) is 48.4 Å². The van der Waals surface area contributed by atoms with E-state index in [1.807, 2.05) is 12.3 Å². The summed E-state index contributed by atoms with van der Waals surface area (Å²) in [5, 5.41) is 0. The average molecular weight is 290 g/mol. The Morgan fingerprint density at radius 2 is 1.59 bits per heavy atom.